The molecule has 2 N–H and O–H groups in total. The summed E-state index contributed by atoms with van der Waals surface area (Å²) in [7, 11) is 0. The molecule has 0 spiro atoms. The largest absolute Gasteiger partial charge is 0.390 e. The van der Waals surface area contributed by atoms with Gasteiger partial charge in [-0.05, 0) is 22.6 Å². The quantitative estimate of drug-likeness (QED) is 0.512. The molecule has 3 atom stereocenters. The number of hydrogen-bond acceptors (Lipinski definition) is 6. The number of nitriles is 1. The Kier molecular flexibility index (Phi) is 5.51. The maximum Gasteiger partial charge on any atom is 0.330 e. The molecule has 0 unspecified atom stereocenters. The van der Waals surface area contributed by atoms with Crippen LogP contribution in [0.4, 0.5) is 0 Å². The molecule has 0 saturated carbocycles. The van der Waals surface area contributed by atoms with E-state index in [-0.39, 0.29) is 26.1 Å². The minimum absolute atomic E-state index is 0.147. The molecule has 2 rings (SSSR count). The van der Waals surface area contributed by atoms with E-state index in [0.717, 1.165) is 0 Å². The third-order valence-electron chi connectivity index (χ3n) is 3.08. The highest BCUT2D eigenvalue weighted by Gasteiger charge is 2.35. The Morgan fingerprint density at radius 2 is 2.38 bits per heavy atom. The lowest BCUT2D eigenvalue weighted by atomic mass is 10.2. The molecule has 0 amide bonds. The van der Waals surface area contributed by atoms with Gasteiger partial charge in [-0.2, -0.15) is 5.26 Å². The van der Waals surface area contributed by atoms with Crippen molar-refractivity contribution in [2.75, 3.05) is 13.2 Å². The molecule has 9 heteroatoms. The number of rotatable bonds is 5. The number of aromatic nitrogens is 2. The van der Waals surface area contributed by atoms with E-state index in [4.69, 9.17) is 14.7 Å². The van der Waals surface area contributed by atoms with Gasteiger partial charge in [-0.1, -0.05) is 0 Å². The molecule has 1 saturated heterocycles. The molecule has 0 aliphatic carbocycles. The first-order chi connectivity index (χ1) is 10.0. The summed E-state index contributed by atoms with van der Waals surface area (Å²) in [6, 6.07) is 1.95. The fourth-order valence-electron chi connectivity index (χ4n) is 2.03. The number of ether oxygens (including phenoxy) is 2. The van der Waals surface area contributed by atoms with Gasteiger partial charge in [0.25, 0.3) is 5.56 Å². The summed E-state index contributed by atoms with van der Waals surface area (Å²) in [5.41, 5.74) is -1.03. The van der Waals surface area contributed by atoms with E-state index >= 15 is 0 Å². The van der Waals surface area contributed by atoms with Gasteiger partial charge in [-0.15, -0.1) is 0 Å². The molecular weight excluding hydrogens is 393 g/mol. The molecule has 1 aromatic rings. The second kappa shape index (κ2) is 7.17. The summed E-state index contributed by atoms with van der Waals surface area (Å²) in [5.74, 6) is 0. The summed E-state index contributed by atoms with van der Waals surface area (Å²) in [5, 5.41) is 18.3. The van der Waals surface area contributed by atoms with E-state index < -0.39 is 29.7 Å². The van der Waals surface area contributed by atoms with Crippen molar-refractivity contribution < 1.29 is 14.6 Å². The van der Waals surface area contributed by atoms with Gasteiger partial charge in [0.05, 0.1) is 35.4 Å². The van der Waals surface area contributed by atoms with Crippen LogP contribution in [0.1, 0.15) is 19.1 Å². The van der Waals surface area contributed by atoms with Crippen LogP contribution in [0.2, 0.25) is 0 Å². The standard InChI is InChI=1S/C12H14IN3O5/c13-7-5-16(12(19)15-11(7)18)10-4-8(17)9(21-10)6-20-3-1-2-14/h5,8-10,17H,1,3-4,6H2,(H,15,18,19)/t8-,9+,10+/m0/s1. The van der Waals surface area contributed by atoms with Crippen LogP contribution >= 0.6 is 22.6 Å². The van der Waals surface area contributed by atoms with Crippen molar-refractivity contribution in [1.82, 2.24) is 9.55 Å². The zero-order valence-electron chi connectivity index (χ0n) is 11.0. The summed E-state index contributed by atoms with van der Waals surface area (Å²) in [4.78, 5) is 25.3. The second-order valence-electron chi connectivity index (χ2n) is 4.56. The van der Waals surface area contributed by atoms with Crippen molar-refractivity contribution in [2.24, 2.45) is 0 Å². The van der Waals surface area contributed by atoms with Crippen LogP contribution in [-0.2, 0) is 9.47 Å². The van der Waals surface area contributed by atoms with Crippen molar-refractivity contribution >= 4 is 22.6 Å². The van der Waals surface area contributed by atoms with Crippen molar-refractivity contribution in [3.63, 3.8) is 0 Å². The molecule has 2 heterocycles. The van der Waals surface area contributed by atoms with Crippen molar-refractivity contribution in [3.8, 4) is 6.07 Å². The first-order valence-electron chi connectivity index (χ1n) is 6.32. The minimum atomic E-state index is -0.770. The Morgan fingerprint density at radius 3 is 3.10 bits per heavy atom. The summed E-state index contributed by atoms with van der Waals surface area (Å²) < 4.78 is 12.4. The number of nitrogens with zero attached hydrogens (tertiary/aromatic N) is 2. The van der Waals surface area contributed by atoms with Gasteiger partial charge in [-0.3, -0.25) is 14.3 Å². The lowest BCUT2D eigenvalue weighted by Crippen LogP contribution is -2.33. The normalized spacial score (nSPS) is 24.9. The molecule has 21 heavy (non-hydrogen) atoms. The van der Waals surface area contributed by atoms with E-state index in [1.54, 1.807) is 0 Å². The van der Waals surface area contributed by atoms with Crippen LogP contribution in [-0.4, -0.2) is 40.1 Å². The Morgan fingerprint density at radius 1 is 1.62 bits per heavy atom. The summed E-state index contributed by atoms with van der Waals surface area (Å²) in [6.45, 7) is 0.415. The van der Waals surface area contributed by atoms with Gasteiger partial charge >= 0.3 is 5.69 Å². The van der Waals surface area contributed by atoms with Gasteiger partial charge in [-0.25, -0.2) is 4.79 Å². The molecule has 0 aromatic carbocycles. The van der Waals surface area contributed by atoms with Crippen molar-refractivity contribution in [3.05, 3.63) is 30.6 Å². The van der Waals surface area contributed by atoms with Gasteiger partial charge in [0.2, 0.25) is 0 Å². The third-order valence-corrected chi connectivity index (χ3v) is 3.85. The van der Waals surface area contributed by atoms with Crippen LogP contribution in [0, 0.1) is 14.9 Å². The average molecular weight is 407 g/mol. The average Bonchev–Trinajstić information content (AvgIpc) is 2.80. The minimum Gasteiger partial charge on any atom is -0.390 e. The van der Waals surface area contributed by atoms with E-state index in [0.29, 0.717) is 3.57 Å². The number of H-pyrrole nitrogens is 1. The Bertz CT molecular complexity index is 650. The molecule has 1 aliphatic rings. The maximum atomic E-state index is 11.8. The highest BCUT2D eigenvalue weighted by atomic mass is 127. The highest BCUT2D eigenvalue weighted by Crippen LogP contribution is 2.27. The molecular formula is C12H14IN3O5. The fraction of sp³-hybridized carbons (Fsp3) is 0.583. The SMILES string of the molecule is N#CCCOC[C@H]1O[C@@H](n2cc(I)c(=O)[nH]c2=O)C[C@@H]1O. The lowest BCUT2D eigenvalue weighted by molar-refractivity contribution is -0.0627. The molecule has 1 aromatic heterocycles. The Labute approximate surface area is 133 Å². The lowest BCUT2D eigenvalue weighted by Gasteiger charge is -2.16. The predicted molar refractivity (Wildman–Crippen MR) is 79.6 cm³/mol. The molecule has 114 valence electrons. The first-order valence-corrected chi connectivity index (χ1v) is 7.40. The smallest absolute Gasteiger partial charge is 0.330 e. The summed E-state index contributed by atoms with van der Waals surface area (Å²) >= 11 is 1.82. The Balaban J connectivity index is 2.04. The number of halogens is 1. The van der Waals surface area contributed by atoms with E-state index in [9.17, 15) is 14.7 Å². The van der Waals surface area contributed by atoms with Gasteiger partial charge in [0.15, 0.2) is 0 Å². The van der Waals surface area contributed by atoms with E-state index in [1.807, 2.05) is 28.7 Å². The number of aliphatic hydroxyl groups is 1. The van der Waals surface area contributed by atoms with Gasteiger partial charge < -0.3 is 14.6 Å². The zero-order chi connectivity index (χ0) is 15.4. The van der Waals surface area contributed by atoms with Crippen molar-refractivity contribution in [2.45, 2.75) is 31.3 Å². The topological polar surface area (TPSA) is 117 Å². The molecule has 1 fully saturated rings. The molecule has 8 nitrogen and oxygen atoms in total. The molecule has 0 bridgehead atoms. The predicted octanol–water partition coefficient (Wildman–Crippen LogP) is -0.280. The van der Waals surface area contributed by atoms with Crippen LogP contribution in [0.25, 0.3) is 0 Å². The van der Waals surface area contributed by atoms with Gasteiger partial charge in [0, 0.05) is 12.6 Å². The third kappa shape index (κ3) is 3.91. The van der Waals surface area contributed by atoms with Crippen molar-refractivity contribution in [1.29, 1.82) is 5.26 Å². The number of hydrogen-bond donors (Lipinski definition) is 2. The monoisotopic (exact) mass is 407 g/mol. The second-order valence-corrected chi connectivity index (χ2v) is 5.72. The van der Waals surface area contributed by atoms with Crippen LogP contribution in [0.3, 0.4) is 0 Å². The maximum absolute atomic E-state index is 11.8. The van der Waals surface area contributed by atoms with Crippen LogP contribution in [0.5, 0.6) is 0 Å². The fourth-order valence-corrected chi connectivity index (χ4v) is 2.46. The number of aliphatic hydroxyl groups excluding tert-OH is 1. The number of nitrogens with one attached hydrogen (secondary N) is 1. The van der Waals surface area contributed by atoms with E-state index in [2.05, 4.69) is 4.98 Å². The number of aromatic amines is 1. The zero-order valence-corrected chi connectivity index (χ0v) is 13.1. The molecule has 0 radical (unpaired) electrons. The van der Waals surface area contributed by atoms with Crippen LogP contribution in [0.15, 0.2) is 15.8 Å². The highest BCUT2D eigenvalue weighted by molar-refractivity contribution is 14.1. The molecule has 1 aliphatic heterocycles. The summed E-state index contributed by atoms with van der Waals surface area (Å²) in [6.07, 6.45) is -0.0860. The first kappa shape index (κ1) is 16.2. The Hall–Kier alpha value is -1.22. The van der Waals surface area contributed by atoms with Crippen LogP contribution < -0.4 is 11.2 Å². The van der Waals surface area contributed by atoms with E-state index in [1.165, 1.54) is 10.8 Å². The van der Waals surface area contributed by atoms with Gasteiger partial charge in [0.1, 0.15) is 12.3 Å².